The molecule has 0 fully saturated rings. The van der Waals surface area contributed by atoms with Crippen molar-refractivity contribution >= 4 is 17.7 Å². The SMILES string of the molecule is CCOC(=O)Nc1ccc(C(=O)NCc2ccccc2CN(CC)CC)cc1. The van der Waals surface area contributed by atoms with Gasteiger partial charge in [-0.15, -0.1) is 0 Å². The van der Waals surface area contributed by atoms with Crippen LogP contribution in [-0.4, -0.2) is 36.6 Å². The number of carbonyl (C=O) groups is 2. The normalized spacial score (nSPS) is 10.6. The van der Waals surface area contributed by atoms with E-state index >= 15 is 0 Å². The summed E-state index contributed by atoms with van der Waals surface area (Å²) in [5, 5.41) is 5.58. The van der Waals surface area contributed by atoms with Crippen LogP contribution in [0, 0.1) is 0 Å². The van der Waals surface area contributed by atoms with Gasteiger partial charge in [-0.25, -0.2) is 4.79 Å². The number of ether oxygens (including phenoxy) is 1. The fourth-order valence-electron chi connectivity index (χ4n) is 2.84. The fourth-order valence-corrected chi connectivity index (χ4v) is 2.84. The summed E-state index contributed by atoms with van der Waals surface area (Å²) >= 11 is 0. The van der Waals surface area contributed by atoms with E-state index < -0.39 is 6.09 Å². The minimum absolute atomic E-state index is 0.152. The Kier molecular flexibility index (Phi) is 8.49. The van der Waals surface area contributed by atoms with E-state index in [1.807, 2.05) is 18.2 Å². The van der Waals surface area contributed by atoms with Crippen LogP contribution in [0.3, 0.4) is 0 Å². The summed E-state index contributed by atoms with van der Waals surface area (Å²) < 4.78 is 4.83. The van der Waals surface area contributed by atoms with Crippen molar-refractivity contribution in [2.24, 2.45) is 0 Å². The van der Waals surface area contributed by atoms with Crippen LogP contribution in [0.5, 0.6) is 0 Å². The zero-order valence-electron chi connectivity index (χ0n) is 16.8. The van der Waals surface area contributed by atoms with Gasteiger partial charge in [-0.1, -0.05) is 38.1 Å². The largest absolute Gasteiger partial charge is 0.450 e. The van der Waals surface area contributed by atoms with Crippen LogP contribution in [0.1, 0.15) is 42.3 Å². The first-order chi connectivity index (χ1) is 13.6. The van der Waals surface area contributed by atoms with Crippen molar-refractivity contribution in [3.63, 3.8) is 0 Å². The van der Waals surface area contributed by atoms with Gasteiger partial charge in [0.25, 0.3) is 5.91 Å². The van der Waals surface area contributed by atoms with Gasteiger partial charge in [0.2, 0.25) is 0 Å². The third kappa shape index (κ3) is 6.39. The number of nitrogens with one attached hydrogen (secondary N) is 2. The van der Waals surface area contributed by atoms with E-state index in [1.165, 1.54) is 5.56 Å². The van der Waals surface area contributed by atoms with Crippen LogP contribution >= 0.6 is 0 Å². The van der Waals surface area contributed by atoms with Gasteiger partial charge in [0.1, 0.15) is 0 Å². The van der Waals surface area contributed by atoms with E-state index in [-0.39, 0.29) is 5.91 Å². The van der Waals surface area contributed by atoms with Crippen LogP contribution in [0.4, 0.5) is 10.5 Å². The molecule has 0 saturated carbocycles. The van der Waals surface area contributed by atoms with Crippen LogP contribution < -0.4 is 10.6 Å². The molecule has 2 N–H and O–H groups in total. The highest BCUT2D eigenvalue weighted by molar-refractivity contribution is 5.95. The summed E-state index contributed by atoms with van der Waals surface area (Å²) in [6, 6.07) is 14.9. The molecule has 2 rings (SSSR count). The maximum Gasteiger partial charge on any atom is 0.411 e. The van der Waals surface area contributed by atoms with Crippen LogP contribution in [0.2, 0.25) is 0 Å². The Hall–Kier alpha value is -2.86. The number of rotatable bonds is 9. The van der Waals surface area contributed by atoms with Gasteiger partial charge in [-0.05, 0) is 55.4 Å². The Bertz CT molecular complexity index is 771. The second-order valence-electron chi connectivity index (χ2n) is 6.34. The number of nitrogens with zero attached hydrogens (tertiary/aromatic N) is 1. The Morgan fingerprint density at radius 3 is 2.18 bits per heavy atom. The molecule has 0 aliphatic rings. The third-order valence-corrected chi connectivity index (χ3v) is 4.52. The van der Waals surface area contributed by atoms with E-state index in [2.05, 4.69) is 35.4 Å². The lowest BCUT2D eigenvalue weighted by Gasteiger charge is -2.20. The summed E-state index contributed by atoms with van der Waals surface area (Å²) in [6.07, 6.45) is -0.510. The van der Waals surface area contributed by atoms with Crippen molar-refractivity contribution in [2.45, 2.75) is 33.9 Å². The standard InChI is InChI=1S/C22H29N3O3/c1-4-25(5-2)16-19-10-8-7-9-18(19)15-23-21(26)17-11-13-20(14-12-17)24-22(27)28-6-3/h7-14H,4-6,15-16H2,1-3H3,(H,23,26)(H,24,27). The lowest BCUT2D eigenvalue weighted by molar-refractivity contribution is 0.0950. The number of carbonyl (C=O) groups excluding carboxylic acids is 2. The second-order valence-corrected chi connectivity index (χ2v) is 6.34. The van der Waals surface area contributed by atoms with Crippen LogP contribution in [-0.2, 0) is 17.8 Å². The van der Waals surface area contributed by atoms with Gasteiger partial charge in [-0.2, -0.15) is 0 Å². The molecular weight excluding hydrogens is 354 g/mol. The quantitative estimate of drug-likeness (QED) is 0.686. The fraction of sp³-hybridized carbons (Fsp3) is 0.364. The van der Waals surface area contributed by atoms with Gasteiger partial charge in [0.15, 0.2) is 0 Å². The van der Waals surface area contributed by atoms with Crippen LogP contribution in [0.15, 0.2) is 48.5 Å². The molecule has 0 heterocycles. The van der Waals surface area contributed by atoms with Crippen molar-refractivity contribution in [3.8, 4) is 0 Å². The predicted octanol–water partition coefficient (Wildman–Crippen LogP) is 4.03. The number of hydrogen-bond donors (Lipinski definition) is 2. The molecule has 0 radical (unpaired) electrons. The van der Waals surface area contributed by atoms with Gasteiger partial charge in [0, 0.05) is 24.3 Å². The molecule has 0 unspecified atom stereocenters. The maximum atomic E-state index is 12.5. The number of benzene rings is 2. The summed E-state index contributed by atoms with van der Waals surface area (Å²) in [5.74, 6) is -0.152. The summed E-state index contributed by atoms with van der Waals surface area (Å²) in [6.45, 7) is 9.66. The van der Waals surface area contributed by atoms with Crippen molar-refractivity contribution < 1.29 is 14.3 Å². The molecule has 0 bridgehead atoms. The summed E-state index contributed by atoms with van der Waals surface area (Å²) in [7, 11) is 0. The van der Waals surface area contributed by atoms with Gasteiger partial charge in [0.05, 0.1) is 6.61 Å². The zero-order valence-corrected chi connectivity index (χ0v) is 16.8. The van der Waals surface area contributed by atoms with E-state index in [0.717, 1.165) is 25.2 Å². The number of hydrogen-bond acceptors (Lipinski definition) is 4. The van der Waals surface area contributed by atoms with E-state index in [9.17, 15) is 9.59 Å². The Balaban J connectivity index is 1.96. The average molecular weight is 383 g/mol. The van der Waals surface area contributed by atoms with Crippen LogP contribution in [0.25, 0.3) is 0 Å². The Labute approximate surface area is 166 Å². The van der Waals surface area contributed by atoms with Crippen molar-refractivity contribution in [1.29, 1.82) is 0 Å². The lowest BCUT2D eigenvalue weighted by atomic mass is 10.1. The average Bonchev–Trinajstić information content (AvgIpc) is 2.71. The van der Waals surface area contributed by atoms with Crippen molar-refractivity contribution in [1.82, 2.24) is 10.2 Å². The third-order valence-electron chi connectivity index (χ3n) is 4.52. The smallest absolute Gasteiger partial charge is 0.411 e. The minimum atomic E-state index is -0.510. The van der Waals surface area contributed by atoms with E-state index in [0.29, 0.717) is 24.4 Å². The molecule has 0 spiro atoms. The van der Waals surface area contributed by atoms with Crippen molar-refractivity contribution in [3.05, 3.63) is 65.2 Å². The molecule has 2 aromatic rings. The first kappa shape index (κ1) is 21.4. The molecule has 0 aliphatic heterocycles. The number of anilines is 1. The summed E-state index contributed by atoms with van der Waals surface area (Å²) in [4.78, 5) is 26.2. The van der Waals surface area contributed by atoms with E-state index in [1.54, 1.807) is 31.2 Å². The maximum absolute atomic E-state index is 12.5. The molecule has 0 aliphatic carbocycles. The highest BCUT2D eigenvalue weighted by Crippen LogP contribution is 2.13. The first-order valence-electron chi connectivity index (χ1n) is 9.68. The minimum Gasteiger partial charge on any atom is -0.450 e. The molecule has 0 saturated heterocycles. The Morgan fingerprint density at radius 1 is 0.929 bits per heavy atom. The topological polar surface area (TPSA) is 70.7 Å². The molecule has 2 amide bonds. The summed E-state index contributed by atoms with van der Waals surface area (Å²) in [5.41, 5.74) is 3.46. The van der Waals surface area contributed by atoms with Gasteiger partial charge >= 0.3 is 6.09 Å². The lowest BCUT2D eigenvalue weighted by Crippen LogP contribution is -2.26. The monoisotopic (exact) mass is 383 g/mol. The molecule has 28 heavy (non-hydrogen) atoms. The molecule has 6 nitrogen and oxygen atoms in total. The van der Waals surface area contributed by atoms with Crippen molar-refractivity contribution in [2.75, 3.05) is 25.0 Å². The number of amides is 2. The molecule has 2 aromatic carbocycles. The highest BCUT2D eigenvalue weighted by atomic mass is 16.5. The molecule has 150 valence electrons. The molecular formula is C22H29N3O3. The predicted molar refractivity (Wildman–Crippen MR) is 111 cm³/mol. The second kappa shape index (κ2) is 11.1. The van der Waals surface area contributed by atoms with Gasteiger partial charge < -0.3 is 10.1 Å². The van der Waals surface area contributed by atoms with Gasteiger partial charge in [-0.3, -0.25) is 15.0 Å². The molecule has 0 aromatic heterocycles. The van der Waals surface area contributed by atoms with E-state index in [4.69, 9.17) is 4.74 Å². The zero-order chi connectivity index (χ0) is 20.4. The first-order valence-corrected chi connectivity index (χ1v) is 9.68. The Morgan fingerprint density at radius 2 is 1.57 bits per heavy atom. The molecule has 6 heteroatoms. The molecule has 0 atom stereocenters. The highest BCUT2D eigenvalue weighted by Gasteiger charge is 2.10.